The molecule has 0 aromatic rings. The molecule has 0 fully saturated rings. The molecule has 0 aromatic heterocycles. The second-order valence-corrected chi connectivity index (χ2v) is 3.06. The molecule has 1 amide bonds. The summed E-state index contributed by atoms with van der Waals surface area (Å²) in [5, 5.41) is 5.82. The molecule has 2 N–H and O–H groups in total. The number of nitrogens with one attached hydrogen (secondary N) is 2. The van der Waals surface area contributed by atoms with Crippen LogP contribution in [0, 0.1) is 0 Å². The SMILES string of the molecule is CNC(=O)CCNC(C)CCOC. The van der Waals surface area contributed by atoms with Gasteiger partial charge in [-0.1, -0.05) is 0 Å². The van der Waals surface area contributed by atoms with Crippen LogP contribution in [0.1, 0.15) is 19.8 Å². The Bertz CT molecular complexity index is 140. The van der Waals surface area contributed by atoms with E-state index < -0.39 is 0 Å². The van der Waals surface area contributed by atoms with Crippen molar-refractivity contribution in [2.75, 3.05) is 27.3 Å². The number of carbonyl (C=O) groups excluding carboxylic acids is 1. The zero-order valence-corrected chi connectivity index (χ0v) is 8.72. The standard InChI is InChI=1S/C9H20N2O2/c1-8(5-7-13-3)11-6-4-9(12)10-2/h8,11H,4-7H2,1-3H3,(H,10,12). The van der Waals surface area contributed by atoms with Crippen LogP contribution < -0.4 is 10.6 Å². The van der Waals surface area contributed by atoms with Crippen molar-refractivity contribution in [1.82, 2.24) is 10.6 Å². The molecule has 0 aliphatic carbocycles. The van der Waals surface area contributed by atoms with Crippen LogP contribution in [0.5, 0.6) is 0 Å². The van der Waals surface area contributed by atoms with Gasteiger partial charge in [0.2, 0.25) is 5.91 Å². The number of methoxy groups -OCH3 is 1. The van der Waals surface area contributed by atoms with E-state index in [1.165, 1.54) is 0 Å². The molecule has 1 atom stereocenters. The Balaban J connectivity index is 3.26. The number of hydrogen-bond donors (Lipinski definition) is 2. The number of carbonyl (C=O) groups is 1. The van der Waals surface area contributed by atoms with E-state index in [0.717, 1.165) is 19.6 Å². The summed E-state index contributed by atoms with van der Waals surface area (Å²) in [5.41, 5.74) is 0. The Labute approximate surface area is 80.0 Å². The Kier molecular flexibility index (Phi) is 7.63. The van der Waals surface area contributed by atoms with Gasteiger partial charge in [-0.2, -0.15) is 0 Å². The normalized spacial score (nSPS) is 12.5. The van der Waals surface area contributed by atoms with E-state index in [0.29, 0.717) is 12.5 Å². The summed E-state index contributed by atoms with van der Waals surface area (Å²) in [7, 11) is 3.34. The lowest BCUT2D eigenvalue weighted by Gasteiger charge is -2.12. The van der Waals surface area contributed by atoms with E-state index in [1.54, 1.807) is 14.2 Å². The highest BCUT2D eigenvalue weighted by Gasteiger charge is 2.01. The number of ether oxygens (including phenoxy) is 1. The van der Waals surface area contributed by atoms with Crippen LogP contribution in [0.3, 0.4) is 0 Å². The molecule has 1 unspecified atom stereocenters. The fraction of sp³-hybridized carbons (Fsp3) is 0.889. The van der Waals surface area contributed by atoms with Crippen LogP contribution in [0.15, 0.2) is 0 Å². The number of amides is 1. The van der Waals surface area contributed by atoms with Gasteiger partial charge in [0.25, 0.3) is 0 Å². The lowest BCUT2D eigenvalue weighted by molar-refractivity contribution is -0.120. The van der Waals surface area contributed by atoms with Gasteiger partial charge in [0.15, 0.2) is 0 Å². The predicted molar refractivity (Wildman–Crippen MR) is 52.6 cm³/mol. The van der Waals surface area contributed by atoms with Crippen LogP contribution >= 0.6 is 0 Å². The van der Waals surface area contributed by atoms with Crippen molar-refractivity contribution in [3.05, 3.63) is 0 Å². The van der Waals surface area contributed by atoms with Crippen molar-refractivity contribution in [1.29, 1.82) is 0 Å². The van der Waals surface area contributed by atoms with E-state index in [1.807, 2.05) is 0 Å². The fourth-order valence-corrected chi connectivity index (χ4v) is 0.954. The average molecular weight is 188 g/mol. The van der Waals surface area contributed by atoms with Crippen molar-refractivity contribution in [3.63, 3.8) is 0 Å². The summed E-state index contributed by atoms with van der Waals surface area (Å²) in [6.45, 7) is 3.57. The van der Waals surface area contributed by atoms with Gasteiger partial charge in [-0.25, -0.2) is 0 Å². The van der Waals surface area contributed by atoms with Crippen LogP contribution in [-0.4, -0.2) is 39.3 Å². The van der Waals surface area contributed by atoms with Gasteiger partial charge in [0, 0.05) is 39.8 Å². The molecule has 0 saturated carbocycles. The summed E-state index contributed by atoms with van der Waals surface area (Å²) >= 11 is 0. The molecule has 0 radical (unpaired) electrons. The molecule has 0 aliphatic rings. The second kappa shape index (κ2) is 8.01. The fourth-order valence-electron chi connectivity index (χ4n) is 0.954. The van der Waals surface area contributed by atoms with Crippen LogP contribution in [0.25, 0.3) is 0 Å². The van der Waals surface area contributed by atoms with Gasteiger partial charge < -0.3 is 15.4 Å². The zero-order chi connectivity index (χ0) is 10.1. The van der Waals surface area contributed by atoms with E-state index in [4.69, 9.17) is 4.74 Å². The van der Waals surface area contributed by atoms with Crippen molar-refractivity contribution in [2.45, 2.75) is 25.8 Å². The first-order chi connectivity index (χ1) is 6.20. The van der Waals surface area contributed by atoms with Gasteiger partial charge in [-0.15, -0.1) is 0 Å². The third kappa shape index (κ3) is 7.74. The molecule has 0 spiro atoms. The van der Waals surface area contributed by atoms with Crippen LogP contribution in [0.4, 0.5) is 0 Å². The Morgan fingerprint density at radius 3 is 2.77 bits per heavy atom. The molecule has 13 heavy (non-hydrogen) atoms. The molecule has 0 aliphatic heterocycles. The maximum absolute atomic E-state index is 10.8. The Hall–Kier alpha value is -0.610. The maximum Gasteiger partial charge on any atom is 0.221 e. The molecule has 0 aromatic carbocycles. The quantitative estimate of drug-likeness (QED) is 0.597. The summed E-state index contributed by atoms with van der Waals surface area (Å²) in [5.74, 6) is 0.0754. The lowest BCUT2D eigenvalue weighted by atomic mass is 10.2. The highest BCUT2D eigenvalue weighted by molar-refractivity contribution is 5.75. The summed E-state index contributed by atoms with van der Waals surface area (Å²) in [6, 6.07) is 0.407. The molecule has 4 nitrogen and oxygen atoms in total. The number of hydrogen-bond acceptors (Lipinski definition) is 3. The minimum Gasteiger partial charge on any atom is -0.385 e. The largest absolute Gasteiger partial charge is 0.385 e. The molecule has 4 heteroatoms. The smallest absolute Gasteiger partial charge is 0.221 e. The Morgan fingerprint density at radius 2 is 2.23 bits per heavy atom. The summed E-state index contributed by atoms with van der Waals surface area (Å²) in [4.78, 5) is 10.8. The molecular formula is C9H20N2O2. The van der Waals surface area contributed by atoms with Crippen LogP contribution in [0.2, 0.25) is 0 Å². The third-order valence-corrected chi connectivity index (χ3v) is 1.88. The first-order valence-corrected chi connectivity index (χ1v) is 4.63. The molecule has 78 valence electrons. The highest BCUT2D eigenvalue weighted by atomic mass is 16.5. The van der Waals surface area contributed by atoms with Crippen molar-refractivity contribution >= 4 is 5.91 Å². The van der Waals surface area contributed by atoms with Crippen molar-refractivity contribution < 1.29 is 9.53 Å². The molecule has 0 bridgehead atoms. The van der Waals surface area contributed by atoms with E-state index in [2.05, 4.69) is 17.6 Å². The van der Waals surface area contributed by atoms with E-state index >= 15 is 0 Å². The minimum atomic E-state index is 0.0754. The predicted octanol–water partition coefficient (Wildman–Crippen LogP) is 0.137. The van der Waals surface area contributed by atoms with E-state index in [9.17, 15) is 4.79 Å². The summed E-state index contributed by atoms with van der Waals surface area (Å²) in [6.07, 6.45) is 1.51. The first kappa shape index (κ1) is 12.4. The molecule has 0 rings (SSSR count). The molecule has 0 heterocycles. The topological polar surface area (TPSA) is 50.4 Å². The highest BCUT2D eigenvalue weighted by Crippen LogP contribution is 1.90. The molecular weight excluding hydrogens is 168 g/mol. The lowest BCUT2D eigenvalue weighted by Crippen LogP contribution is -2.31. The van der Waals surface area contributed by atoms with Crippen molar-refractivity contribution in [2.24, 2.45) is 0 Å². The summed E-state index contributed by atoms with van der Waals surface area (Å²) < 4.78 is 4.94. The van der Waals surface area contributed by atoms with Gasteiger partial charge in [0.05, 0.1) is 0 Å². The first-order valence-electron chi connectivity index (χ1n) is 4.63. The zero-order valence-electron chi connectivity index (χ0n) is 8.72. The number of rotatable bonds is 7. The third-order valence-electron chi connectivity index (χ3n) is 1.88. The van der Waals surface area contributed by atoms with E-state index in [-0.39, 0.29) is 5.91 Å². The monoisotopic (exact) mass is 188 g/mol. The minimum absolute atomic E-state index is 0.0754. The van der Waals surface area contributed by atoms with Crippen molar-refractivity contribution in [3.8, 4) is 0 Å². The average Bonchev–Trinajstić information content (AvgIpc) is 2.14. The molecule has 0 saturated heterocycles. The van der Waals surface area contributed by atoms with Gasteiger partial charge in [-0.3, -0.25) is 4.79 Å². The van der Waals surface area contributed by atoms with Crippen LogP contribution in [-0.2, 0) is 9.53 Å². The Morgan fingerprint density at radius 1 is 1.54 bits per heavy atom. The van der Waals surface area contributed by atoms with Gasteiger partial charge in [0.1, 0.15) is 0 Å². The maximum atomic E-state index is 10.8. The van der Waals surface area contributed by atoms with Gasteiger partial charge >= 0.3 is 0 Å². The van der Waals surface area contributed by atoms with Gasteiger partial charge in [-0.05, 0) is 13.3 Å². The second-order valence-electron chi connectivity index (χ2n) is 3.06.